The number of carbonyl (C=O) groups excluding carboxylic acids is 1. The van der Waals surface area contributed by atoms with Gasteiger partial charge in [0.15, 0.2) is 0 Å². The van der Waals surface area contributed by atoms with Crippen LogP contribution in [0.3, 0.4) is 0 Å². The highest BCUT2D eigenvalue weighted by molar-refractivity contribution is 6.03. The van der Waals surface area contributed by atoms with E-state index in [4.69, 9.17) is 5.26 Å². The van der Waals surface area contributed by atoms with Gasteiger partial charge in [0, 0.05) is 29.4 Å². The molecule has 0 aromatic carbocycles. The van der Waals surface area contributed by atoms with Crippen molar-refractivity contribution in [2.75, 3.05) is 0 Å². The van der Waals surface area contributed by atoms with Crippen molar-refractivity contribution in [2.45, 2.75) is 18.9 Å². The molecular weight excluding hydrogens is 240 g/mol. The van der Waals surface area contributed by atoms with Crippen LogP contribution in [0.4, 0.5) is 0 Å². The third kappa shape index (κ3) is 2.33. The third-order valence-corrected chi connectivity index (χ3v) is 3.06. The number of fused-ring (bicyclic) bond motifs is 1. The van der Waals surface area contributed by atoms with Crippen molar-refractivity contribution in [3.05, 3.63) is 35.7 Å². The van der Waals surface area contributed by atoms with Crippen LogP contribution in [0, 0.1) is 11.3 Å². The van der Waals surface area contributed by atoms with Crippen molar-refractivity contribution in [1.29, 1.82) is 5.26 Å². The number of amides is 1. The van der Waals surface area contributed by atoms with E-state index in [1.54, 1.807) is 18.5 Å². The minimum Gasteiger partial charge on any atom is -0.349 e. The first-order chi connectivity index (χ1) is 9.28. The van der Waals surface area contributed by atoms with E-state index in [1.165, 1.54) is 0 Å². The van der Waals surface area contributed by atoms with Crippen molar-refractivity contribution in [2.24, 2.45) is 0 Å². The molecule has 0 bridgehead atoms. The van der Waals surface area contributed by atoms with E-state index in [1.807, 2.05) is 18.2 Å². The van der Waals surface area contributed by atoms with Gasteiger partial charge in [-0.15, -0.1) is 0 Å². The predicted octanol–water partition coefficient (Wildman–Crippen LogP) is 1.75. The van der Waals surface area contributed by atoms with Crippen molar-refractivity contribution < 1.29 is 4.79 Å². The lowest BCUT2D eigenvalue weighted by atomic mass is 10.1. The summed E-state index contributed by atoms with van der Waals surface area (Å²) in [6.45, 7) is 0. The highest BCUT2D eigenvalue weighted by Gasteiger charge is 2.24. The van der Waals surface area contributed by atoms with E-state index in [2.05, 4.69) is 15.3 Å². The Morgan fingerprint density at radius 2 is 2.42 bits per heavy atom. The van der Waals surface area contributed by atoms with E-state index in [-0.39, 0.29) is 17.5 Å². The summed E-state index contributed by atoms with van der Waals surface area (Å²) in [5, 5.41) is 12.8. The van der Waals surface area contributed by atoms with Crippen LogP contribution in [-0.4, -0.2) is 21.9 Å². The van der Waals surface area contributed by atoms with Gasteiger partial charge in [-0.25, -0.2) is 4.98 Å². The molecule has 0 radical (unpaired) electrons. The minimum atomic E-state index is -0.303. The number of nitrogens with one attached hydrogen (secondary N) is 2. The van der Waals surface area contributed by atoms with Crippen molar-refractivity contribution in [3.63, 3.8) is 0 Å². The Kier molecular flexibility index (Phi) is 2.76. The Hall–Kier alpha value is -2.61. The molecule has 2 aromatic rings. The summed E-state index contributed by atoms with van der Waals surface area (Å²) in [4.78, 5) is 19.0. The van der Waals surface area contributed by atoms with E-state index in [0.29, 0.717) is 0 Å². The highest BCUT2D eigenvalue weighted by Crippen LogP contribution is 2.21. The molecule has 0 atom stereocenters. The van der Waals surface area contributed by atoms with E-state index >= 15 is 0 Å². The zero-order valence-corrected chi connectivity index (χ0v) is 10.2. The van der Waals surface area contributed by atoms with Gasteiger partial charge < -0.3 is 10.3 Å². The van der Waals surface area contributed by atoms with Crippen molar-refractivity contribution in [3.8, 4) is 6.07 Å². The van der Waals surface area contributed by atoms with Crippen LogP contribution in [-0.2, 0) is 4.79 Å². The summed E-state index contributed by atoms with van der Waals surface area (Å²) in [5.41, 5.74) is 1.66. The second kappa shape index (κ2) is 4.58. The number of hydrogen-bond acceptors (Lipinski definition) is 3. The summed E-state index contributed by atoms with van der Waals surface area (Å²) < 4.78 is 0. The Labute approximate surface area is 110 Å². The van der Waals surface area contributed by atoms with Crippen LogP contribution in [0.15, 0.2) is 30.1 Å². The van der Waals surface area contributed by atoms with Gasteiger partial charge in [0.1, 0.15) is 17.3 Å². The van der Waals surface area contributed by atoms with Crippen LogP contribution in [0.2, 0.25) is 0 Å². The lowest BCUT2D eigenvalue weighted by molar-refractivity contribution is -0.117. The minimum absolute atomic E-state index is 0.122. The molecule has 0 unspecified atom stereocenters. The van der Waals surface area contributed by atoms with Gasteiger partial charge in [-0.1, -0.05) is 0 Å². The van der Waals surface area contributed by atoms with Crippen LogP contribution < -0.4 is 5.32 Å². The molecule has 5 nitrogen and oxygen atoms in total. The summed E-state index contributed by atoms with van der Waals surface area (Å²) in [5.74, 6) is -0.303. The van der Waals surface area contributed by atoms with E-state index < -0.39 is 0 Å². The van der Waals surface area contributed by atoms with Gasteiger partial charge in [0.2, 0.25) is 0 Å². The highest BCUT2D eigenvalue weighted by atomic mass is 16.1. The van der Waals surface area contributed by atoms with Crippen LogP contribution in [0.5, 0.6) is 0 Å². The average molecular weight is 252 g/mol. The predicted molar refractivity (Wildman–Crippen MR) is 70.8 cm³/mol. The molecule has 19 heavy (non-hydrogen) atoms. The molecule has 1 aliphatic rings. The zero-order chi connectivity index (χ0) is 13.2. The fraction of sp³-hybridized carbons (Fsp3) is 0.214. The molecule has 0 aliphatic heterocycles. The number of nitrogens with zero attached hydrogens (tertiary/aromatic N) is 2. The summed E-state index contributed by atoms with van der Waals surface area (Å²) in [6.07, 6.45) is 7.04. The quantitative estimate of drug-likeness (QED) is 0.645. The van der Waals surface area contributed by atoms with E-state index in [0.717, 1.165) is 29.4 Å². The Morgan fingerprint density at radius 3 is 3.16 bits per heavy atom. The van der Waals surface area contributed by atoms with Crippen LogP contribution in [0.25, 0.3) is 17.1 Å². The number of pyridine rings is 1. The molecule has 0 spiro atoms. The second-order valence-electron chi connectivity index (χ2n) is 4.56. The standard InChI is InChI=1S/C14H12N4O/c15-7-9(14(19)18-11-3-4-11)6-10-8-17-13-12(10)2-1-5-16-13/h1-2,5-6,8,11H,3-4H2,(H,16,17)(H,18,19)/b9-6+. The lowest BCUT2D eigenvalue weighted by Crippen LogP contribution is -2.26. The first-order valence-corrected chi connectivity index (χ1v) is 6.12. The summed E-state index contributed by atoms with van der Waals surface area (Å²) in [7, 11) is 0. The number of hydrogen-bond donors (Lipinski definition) is 2. The van der Waals surface area contributed by atoms with Gasteiger partial charge in [-0.2, -0.15) is 5.26 Å². The van der Waals surface area contributed by atoms with Crippen LogP contribution in [0.1, 0.15) is 18.4 Å². The molecule has 3 rings (SSSR count). The van der Waals surface area contributed by atoms with Gasteiger partial charge in [0.25, 0.3) is 5.91 Å². The smallest absolute Gasteiger partial charge is 0.262 e. The maximum Gasteiger partial charge on any atom is 0.262 e. The Morgan fingerprint density at radius 1 is 1.58 bits per heavy atom. The molecule has 1 aliphatic carbocycles. The molecule has 0 saturated heterocycles. The normalized spacial score (nSPS) is 15.2. The SMILES string of the molecule is N#C/C(=C\c1c[nH]c2ncccc12)C(=O)NC1CC1. The summed E-state index contributed by atoms with van der Waals surface area (Å²) in [6, 6.07) is 5.92. The molecule has 1 saturated carbocycles. The number of carbonyl (C=O) groups is 1. The maximum absolute atomic E-state index is 11.9. The second-order valence-corrected chi connectivity index (χ2v) is 4.56. The molecule has 2 N–H and O–H groups in total. The van der Waals surface area contributed by atoms with Gasteiger partial charge in [-0.05, 0) is 31.1 Å². The first kappa shape index (κ1) is 11.5. The fourth-order valence-corrected chi connectivity index (χ4v) is 1.89. The Balaban J connectivity index is 1.93. The molecule has 1 fully saturated rings. The number of aromatic amines is 1. The molecular formula is C14H12N4O. The molecule has 2 heterocycles. The third-order valence-electron chi connectivity index (χ3n) is 3.06. The van der Waals surface area contributed by atoms with Crippen molar-refractivity contribution in [1.82, 2.24) is 15.3 Å². The van der Waals surface area contributed by atoms with E-state index in [9.17, 15) is 4.79 Å². The average Bonchev–Trinajstić information content (AvgIpc) is 3.15. The fourth-order valence-electron chi connectivity index (χ4n) is 1.89. The molecule has 1 amide bonds. The first-order valence-electron chi connectivity index (χ1n) is 6.12. The molecule has 94 valence electrons. The largest absolute Gasteiger partial charge is 0.349 e. The number of H-pyrrole nitrogens is 1. The molecule has 5 heteroatoms. The topological polar surface area (TPSA) is 81.6 Å². The summed E-state index contributed by atoms with van der Waals surface area (Å²) >= 11 is 0. The Bertz CT molecular complexity index is 704. The van der Waals surface area contributed by atoms with Gasteiger partial charge in [0.05, 0.1) is 0 Å². The lowest BCUT2D eigenvalue weighted by Gasteiger charge is -2.00. The van der Waals surface area contributed by atoms with Crippen molar-refractivity contribution >= 4 is 23.0 Å². The number of rotatable bonds is 3. The van der Waals surface area contributed by atoms with Gasteiger partial charge >= 0.3 is 0 Å². The monoisotopic (exact) mass is 252 g/mol. The number of nitriles is 1. The zero-order valence-electron chi connectivity index (χ0n) is 10.2. The number of aromatic nitrogens is 2. The van der Waals surface area contributed by atoms with Gasteiger partial charge in [-0.3, -0.25) is 4.79 Å². The maximum atomic E-state index is 11.9. The molecule has 2 aromatic heterocycles. The van der Waals surface area contributed by atoms with Crippen LogP contribution >= 0.6 is 0 Å².